The van der Waals surface area contributed by atoms with E-state index in [9.17, 15) is 44.7 Å². The number of esters is 2. The molecule has 1 amide bonds. The molecule has 0 saturated carbocycles. The normalized spacial score (nSPS) is 33.4. The second kappa shape index (κ2) is 24.1. The average molecular weight is 886 g/mol. The first-order valence-electron chi connectivity index (χ1n) is 21.9. The summed E-state index contributed by atoms with van der Waals surface area (Å²) in [5.74, 6) is -8.99. The minimum Gasteiger partial charge on any atom is -0.510 e. The zero-order valence-electron chi connectivity index (χ0n) is 38.6. The highest BCUT2D eigenvalue weighted by atomic mass is 16.6. The Morgan fingerprint density at radius 2 is 1.75 bits per heavy atom. The number of hydrogen-bond acceptors (Lipinski definition) is 14. The van der Waals surface area contributed by atoms with Crippen molar-refractivity contribution in [3.63, 3.8) is 0 Å². The number of ether oxygens (including phenoxy) is 5. The lowest BCUT2D eigenvalue weighted by Crippen LogP contribution is -2.58. The summed E-state index contributed by atoms with van der Waals surface area (Å²) in [5, 5.41) is 59.2. The number of amides is 1. The van der Waals surface area contributed by atoms with Crippen LogP contribution in [-0.4, -0.2) is 112 Å². The van der Waals surface area contributed by atoms with Crippen molar-refractivity contribution in [2.75, 3.05) is 14.2 Å². The molecule has 63 heavy (non-hydrogen) atoms. The molecule has 0 aromatic heterocycles. The Kier molecular flexibility index (Phi) is 20.2. The summed E-state index contributed by atoms with van der Waals surface area (Å²) in [6.45, 7) is 16.1. The molecule has 1 fully saturated rings. The first-order chi connectivity index (χ1) is 29.6. The second-order valence-electron chi connectivity index (χ2n) is 17.4. The number of methoxy groups -OCH3 is 2. The maximum Gasteiger partial charge on any atom is 0.373 e. The van der Waals surface area contributed by atoms with E-state index in [4.69, 9.17) is 23.7 Å². The highest BCUT2D eigenvalue weighted by molar-refractivity contribution is 6.04. The molecule has 1 aliphatic carbocycles. The molecule has 0 bridgehead atoms. The average Bonchev–Trinajstić information content (AvgIpc) is 3.55. The number of nitrogens with one attached hydrogen (secondary N) is 1. The van der Waals surface area contributed by atoms with Crippen molar-refractivity contribution in [2.45, 2.75) is 143 Å². The molecule has 13 unspecified atom stereocenters. The van der Waals surface area contributed by atoms with Gasteiger partial charge < -0.3 is 54.5 Å². The Morgan fingerprint density at radius 3 is 2.33 bits per heavy atom. The molecule has 0 radical (unpaired) electrons. The van der Waals surface area contributed by atoms with Gasteiger partial charge in [0, 0.05) is 68.1 Å². The van der Waals surface area contributed by atoms with Gasteiger partial charge >= 0.3 is 11.9 Å². The summed E-state index contributed by atoms with van der Waals surface area (Å²) < 4.78 is 29.5. The minimum absolute atomic E-state index is 0.0618. The Balaban J connectivity index is 1.97. The van der Waals surface area contributed by atoms with Crippen molar-refractivity contribution in [3.05, 3.63) is 83.0 Å². The number of hydrogen-bond donors (Lipinski definition) is 6. The summed E-state index contributed by atoms with van der Waals surface area (Å²) in [6.07, 6.45) is 7.80. The monoisotopic (exact) mass is 885 g/mol. The predicted octanol–water partition coefficient (Wildman–Crippen LogP) is 5.36. The highest BCUT2D eigenvalue weighted by Crippen LogP contribution is 2.41. The first-order valence-corrected chi connectivity index (χ1v) is 21.9. The van der Waals surface area contributed by atoms with Crippen LogP contribution in [0.1, 0.15) is 94.4 Å². The van der Waals surface area contributed by atoms with E-state index in [-0.39, 0.29) is 48.3 Å². The summed E-state index contributed by atoms with van der Waals surface area (Å²) in [5.41, 5.74) is 1.32. The van der Waals surface area contributed by atoms with Gasteiger partial charge in [-0.15, -0.1) is 0 Å². The van der Waals surface area contributed by atoms with Gasteiger partial charge in [-0.05, 0) is 45.6 Å². The lowest BCUT2D eigenvalue weighted by Gasteiger charge is -2.48. The van der Waals surface area contributed by atoms with E-state index in [0.29, 0.717) is 18.4 Å². The fourth-order valence-electron chi connectivity index (χ4n) is 8.59. The number of aliphatic hydroxyl groups excluding tert-OH is 4. The minimum atomic E-state index is -2.10. The second-order valence-corrected chi connectivity index (χ2v) is 17.4. The number of cyclic esters (lactones) is 1. The van der Waals surface area contributed by atoms with Crippen LogP contribution in [0.4, 0.5) is 0 Å². The third kappa shape index (κ3) is 14.1. The molecule has 0 aromatic rings. The molecule has 2 aliphatic heterocycles. The molecule has 14 atom stereocenters. The summed E-state index contributed by atoms with van der Waals surface area (Å²) in [4.78, 5) is 51.4. The van der Waals surface area contributed by atoms with Crippen molar-refractivity contribution in [3.8, 4) is 0 Å². The molecule has 6 N–H and O–H groups in total. The van der Waals surface area contributed by atoms with E-state index in [2.05, 4.69) is 5.32 Å². The number of rotatable bonds is 12. The van der Waals surface area contributed by atoms with E-state index >= 15 is 0 Å². The third-order valence-corrected chi connectivity index (χ3v) is 12.6. The molecule has 3 rings (SSSR count). The van der Waals surface area contributed by atoms with Crippen LogP contribution in [0.15, 0.2) is 83.0 Å². The maximum absolute atomic E-state index is 13.9. The standard InChI is InChI=1S/C48H71NO14/c1-12-15-36-30(7)39(61-41(53)21-20-40(52)49-42-34(50)18-19-35(42)51)25-48(58,63-36)32(9)45(56)31(8)46-37(59-10)17-14-16-26(3)22-28(5)43(54)33(13-2)44(55)29(6)23-27(4)24-38(60-11)47(57)62-46/h12,14-17,20-21,23-24,28-33,36-37,39,43-46,50,54-56,58H,13,18-19,22,25H2,1-11H3,(H,49,52)/t28?,29?,30?,31?,32?,33?,36?,37?,39?,43?,44?,45?,46?,48-/m1/s1. The van der Waals surface area contributed by atoms with E-state index in [1.54, 1.807) is 65.0 Å². The number of carbonyl (C=O) groups excluding carboxylic acids is 4. The zero-order chi connectivity index (χ0) is 47.3. The van der Waals surface area contributed by atoms with Crippen LogP contribution in [0.25, 0.3) is 0 Å². The number of aliphatic hydroxyl groups is 5. The lowest BCUT2D eigenvalue weighted by molar-refractivity contribution is -0.314. The van der Waals surface area contributed by atoms with Gasteiger partial charge in [0.1, 0.15) is 29.8 Å². The van der Waals surface area contributed by atoms with Gasteiger partial charge in [0.15, 0.2) is 11.6 Å². The molecule has 0 aromatic carbocycles. The Morgan fingerprint density at radius 1 is 1.06 bits per heavy atom. The smallest absolute Gasteiger partial charge is 0.373 e. The van der Waals surface area contributed by atoms with E-state index < -0.39 is 95.8 Å². The molecule has 352 valence electrons. The molecule has 0 spiro atoms. The Hall–Kier alpha value is -4.38. The van der Waals surface area contributed by atoms with Gasteiger partial charge in [0.05, 0.1) is 31.5 Å². The van der Waals surface area contributed by atoms with E-state index in [1.165, 1.54) is 20.3 Å². The number of allylic oxidation sites excluding steroid dienone is 8. The van der Waals surface area contributed by atoms with E-state index in [1.807, 2.05) is 33.8 Å². The van der Waals surface area contributed by atoms with Gasteiger partial charge in [-0.1, -0.05) is 89.1 Å². The van der Waals surface area contributed by atoms with Crippen LogP contribution < -0.4 is 5.32 Å². The molecule has 1 saturated heterocycles. The largest absolute Gasteiger partial charge is 0.510 e. The van der Waals surface area contributed by atoms with Crippen LogP contribution in [0, 0.1) is 35.5 Å². The van der Waals surface area contributed by atoms with Gasteiger partial charge in [0.25, 0.3) is 0 Å². The maximum atomic E-state index is 13.9. The van der Waals surface area contributed by atoms with Gasteiger partial charge in [-0.3, -0.25) is 9.59 Å². The van der Waals surface area contributed by atoms with E-state index in [0.717, 1.165) is 17.7 Å². The SMILES string of the molecule is CC=CC1O[C@@](O)(C(C)C(O)C(C)C2OC(=O)C(OC)=CC(C)=CC(C)C(O)C(CC)C(O)C(C)CC(C)=CC=CC2OC)CC(OC(=O)C=CC(=O)NC2=C(O)CCC2=O)C1C. The first kappa shape index (κ1) is 53.0. The number of ketones is 1. The molecule has 15 nitrogen and oxygen atoms in total. The highest BCUT2D eigenvalue weighted by Gasteiger charge is 2.52. The zero-order valence-corrected chi connectivity index (χ0v) is 38.6. The van der Waals surface area contributed by atoms with Gasteiger partial charge in [-0.25, -0.2) is 9.59 Å². The molecular weight excluding hydrogens is 815 g/mol. The van der Waals surface area contributed by atoms with Crippen LogP contribution in [0.3, 0.4) is 0 Å². The summed E-state index contributed by atoms with van der Waals surface area (Å²) in [6, 6.07) is 0. The molecule has 3 aliphatic rings. The van der Waals surface area contributed by atoms with Crippen molar-refractivity contribution in [2.24, 2.45) is 35.5 Å². The van der Waals surface area contributed by atoms with Crippen molar-refractivity contribution >= 4 is 23.6 Å². The molecular formula is C48H71NO14. The third-order valence-electron chi connectivity index (χ3n) is 12.6. The molecule has 2 heterocycles. The van der Waals surface area contributed by atoms with Crippen molar-refractivity contribution in [1.82, 2.24) is 5.32 Å². The topological polar surface area (TPSA) is 228 Å². The van der Waals surface area contributed by atoms with Gasteiger partial charge in [-0.2, -0.15) is 0 Å². The van der Waals surface area contributed by atoms with Crippen LogP contribution in [-0.2, 0) is 42.9 Å². The fraction of sp³-hybridized carbons (Fsp3) is 0.625. The summed E-state index contributed by atoms with van der Waals surface area (Å²) in [7, 11) is 2.75. The lowest BCUT2D eigenvalue weighted by atomic mass is 9.77. The fourth-order valence-corrected chi connectivity index (χ4v) is 8.59. The quantitative estimate of drug-likeness (QED) is 0.0825. The number of Topliss-reactive ketones (excluding diaryl/α,β-unsaturated/α-hetero) is 1. The van der Waals surface area contributed by atoms with Crippen LogP contribution in [0.2, 0.25) is 0 Å². The Bertz CT molecular complexity index is 1830. The van der Waals surface area contributed by atoms with Crippen LogP contribution in [0.5, 0.6) is 0 Å². The van der Waals surface area contributed by atoms with Gasteiger partial charge in [0.2, 0.25) is 11.7 Å². The predicted molar refractivity (Wildman–Crippen MR) is 235 cm³/mol. The van der Waals surface area contributed by atoms with Crippen LogP contribution >= 0.6 is 0 Å². The number of carbonyl (C=O) groups is 4. The van der Waals surface area contributed by atoms with Crippen molar-refractivity contribution in [1.29, 1.82) is 0 Å². The Labute approximate surface area is 372 Å². The molecule has 15 heteroatoms. The van der Waals surface area contributed by atoms with Crippen molar-refractivity contribution < 1.29 is 68.4 Å². The summed E-state index contributed by atoms with van der Waals surface area (Å²) >= 11 is 0.